The normalized spacial score (nSPS) is 29.0. The predicted molar refractivity (Wildman–Crippen MR) is 88.8 cm³/mol. The van der Waals surface area contributed by atoms with Crippen LogP contribution in [0.5, 0.6) is 11.5 Å². The van der Waals surface area contributed by atoms with Crippen LogP contribution in [0, 0.1) is 17.3 Å². The topological polar surface area (TPSA) is 59.9 Å². The highest BCUT2D eigenvalue weighted by Crippen LogP contribution is 2.66. The van der Waals surface area contributed by atoms with Crippen molar-refractivity contribution in [2.24, 2.45) is 22.4 Å². The van der Waals surface area contributed by atoms with Gasteiger partial charge in [0.1, 0.15) is 11.5 Å². The SMILES string of the molecule is COc1ccc(/C=N/NC(=O)[C@H]2[C@@H]3CCCC[C@]32C)c(OC)c1. The van der Waals surface area contributed by atoms with Crippen LogP contribution in [0.15, 0.2) is 23.3 Å². The molecule has 124 valence electrons. The van der Waals surface area contributed by atoms with Crippen molar-refractivity contribution in [2.45, 2.75) is 32.6 Å². The second kappa shape index (κ2) is 6.22. The Kier molecular flexibility index (Phi) is 4.28. The molecule has 23 heavy (non-hydrogen) atoms. The first kappa shape index (κ1) is 15.8. The van der Waals surface area contributed by atoms with Crippen LogP contribution in [0.1, 0.15) is 38.2 Å². The van der Waals surface area contributed by atoms with Gasteiger partial charge in [-0.2, -0.15) is 5.10 Å². The summed E-state index contributed by atoms with van der Waals surface area (Å²) in [5, 5.41) is 4.11. The zero-order valence-corrected chi connectivity index (χ0v) is 14.0. The molecule has 3 atom stereocenters. The third-order valence-corrected chi connectivity index (χ3v) is 5.43. The molecule has 1 aromatic rings. The first-order valence-corrected chi connectivity index (χ1v) is 8.15. The quantitative estimate of drug-likeness (QED) is 0.671. The second-order valence-corrected chi connectivity index (χ2v) is 6.68. The molecule has 0 spiro atoms. The molecule has 0 radical (unpaired) electrons. The monoisotopic (exact) mass is 316 g/mol. The number of nitrogens with zero attached hydrogens (tertiary/aromatic N) is 1. The van der Waals surface area contributed by atoms with Gasteiger partial charge in [-0.05, 0) is 36.3 Å². The Bertz CT molecular complexity index is 629. The van der Waals surface area contributed by atoms with Gasteiger partial charge in [0.25, 0.3) is 0 Å². The van der Waals surface area contributed by atoms with E-state index < -0.39 is 0 Å². The van der Waals surface area contributed by atoms with Gasteiger partial charge in [0, 0.05) is 17.5 Å². The lowest BCUT2D eigenvalue weighted by molar-refractivity contribution is -0.123. The molecule has 5 heteroatoms. The fourth-order valence-electron chi connectivity index (χ4n) is 4.01. The van der Waals surface area contributed by atoms with Crippen molar-refractivity contribution in [1.82, 2.24) is 5.43 Å². The number of rotatable bonds is 5. The van der Waals surface area contributed by atoms with E-state index in [9.17, 15) is 4.79 Å². The molecule has 0 unspecified atom stereocenters. The zero-order chi connectivity index (χ0) is 16.4. The van der Waals surface area contributed by atoms with E-state index in [0.29, 0.717) is 11.7 Å². The lowest BCUT2D eigenvalue weighted by Gasteiger charge is -2.15. The summed E-state index contributed by atoms with van der Waals surface area (Å²) in [4.78, 5) is 12.3. The molecular weight excluding hydrogens is 292 g/mol. The first-order valence-electron chi connectivity index (χ1n) is 8.15. The summed E-state index contributed by atoms with van der Waals surface area (Å²) in [5.41, 5.74) is 3.70. The molecule has 1 N–H and O–H groups in total. The van der Waals surface area contributed by atoms with Crippen molar-refractivity contribution in [2.75, 3.05) is 14.2 Å². The summed E-state index contributed by atoms with van der Waals surface area (Å²) in [6, 6.07) is 5.48. The molecule has 0 aromatic heterocycles. The van der Waals surface area contributed by atoms with Gasteiger partial charge >= 0.3 is 0 Å². The molecular formula is C18H24N2O3. The molecule has 0 saturated heterocycles. The van der Waals surface area contributed by atoms with Crippen molar-refractivity contribution in [3.05, 3.63) is 23.8 Å². The van der Waals surface area contributed by atoms with Crippen LogP contribution in [-0.2, 0) is 4.79 Å². The van der Waals surface area contributed by atoms with E-state index in [2.05, 4.69) is 17.5 Å². The number of carbonyl (C=O) groups excluding carboxylic acids is 1. The summed E-state index contributed by atoms with van der Waals surface area (Å²) < 4.78 is 10.5. The Hall–Kier alpha value is -2.04. The number of hydrogen-bond donors (Lipinski definition) is 1. The zero-order valence-electron chi connectivity index (χ0n) is 14.0. The Balaban J connectivity index is 1.62. The summed E-state index contributed by atoms with van der Waals surface area (Å²) >= 11 is 0. The lowest BCUT2D eigenvalue weighted by Crippen LogP contribution is -2.22. The summed E-state index contributed by atoms with van der Waals surface area (Å²) in [6.45, 7) is 2.23. The van der Waals surface area contributed by atoms with Gasteiger partial charge in [-0.15, -0.1) is 0 Å². The molecule has 1 amide bonds. The number of methoxy groups -OCH3 is 2. The second-order valence-electron chi connectivity index (χ2n) is 6.68. The maximum absolute atomic E-state index is 12.3. The highest BCUT2D eigenvalue weighted by Gasteiger charge is 2.64. The van der Waals surface area contributed by atoms with Gasteiger partial charge in [-0.25, -0.2) is 5.43 Å². The Labute approximate surface area is 137 Å². The van der Waals surface area contributed by atoms with Crippen molar-refractivity contribution < 1.29 is 14.3 Å². The number of carbonyl (C=O) groups is 1. The largest absolute Gasteiger partial charge is 0.497 e. The molecule has 0 heterocycles. The highest BCUT2D eigenvalue weighted by molar-refractivity contribution is 5.87. The standard InChI is InChI=1S/C18H24N2O3/c1-18-9-5-4-6-14(18)16(18)17(21)20-19-11-12-7-8-13(22-2)10-15(12)23-3/h7-8,10-11,14,16H,4-6,9H2,1-3H3,(H,20,21)/b19-11+/t14-,16+,18+/m0/s1. The third kappa shape index (κ3) is 2.92. The van der Waals surface area contributed by atoms with E-state index >= 15 is 0 Å². The van der Waals surface area contributed by atoms with E-state index in [4.69, 9.17) is 9.47 Å². The van der Waals surface area contributed by atoms with Crippen LogP contribution in [0.25, 0.3) is 0 Å². The molecule has 0 bridgehead atoms. The van der Waals surface area contributed by atoms with Gasteiger partial charge in [0.15, 0.2) is 0 Å². The van der Waals surface area contributed by atoms with Crippen LogP contribution in [0.2, 0.25) is 0 Å². The lowest BCUT2D eigenvalue weighted by atomic mass is 9.90. The molecule has 3 rings (SSSR count). The van der Waals surface area contributed by atoms with E-state index in [-0.39, 0.29) is 17.2 Å². The minimum Gasteiger partial charge on any atom is -0.497 e. The Morgan fingerprint density at radius 2 is 2.17 bits per heavy atom. The minimum absolute atomic E-state index is 0.0446. The number of nitrogens with one attached hydrogen (secondary N) is 1. The van der Waals surface area contributed by atoms with E-state index in [1.807, 2.05) is 12.1 Å². The maximum atomic E-state index is 12.3. The van der Waals surface area contributed by atoms with Crippen molar-refractivity contribution in [3.8, 4) is 11.5 Å². The predicted octanol–water partition coefficient (Wildman–Crippen LogP) is 2.98. The van der Waals surface area contributed by atoms with Crippen molar-refractivity contribution in [1.29, 1.82) is 0 Å². The Morgan fingerprint density at radius 1 is 1.35 bits per heavy atom. The van der Waals surface area contributed by atoms with Gasteiger partial charge < -0.3 is 9.47 Å². The summed E-state index contributed by atoms with van der Waals surface area (Å²) in [6.07, 6.45) is 6.43. The molecule has 2 aliphatic carbocycles. The molecule has 2 saturated carbocycles. The fraction of sp³-hybridized carbons (Fsp3) is 0.556. The maximum Gasteiger partial charge on any atom is 0.244 e. The fourth-order valence-corrected chi connectivity index (χ4v) is 4.01. The van der Waals surface area contributed by atoms with Crippen molar-refractivity contribution >= 4 is 12.1 Å². The van der Waals surface area contributed by atoms with Crippen LogP contribution in [0.4, 0.5) is 0 Å². The molecule has 5 nitrogen and oxygen atoms in total. The average molecular weight is 316 g/mol. The van der Waals surface area contributed by atoms with Crippen LogP contribution < -0.4 is 14.9 Å². The number of ether oxygens (including phenoxy) is 2. The summed E-state index contributed by atoms with van der Waals surface area (Å²) in [5.74, 6) is 2.09. The first-order chi connectivity index (χ1) is 11.1. The number of benzene rings is 1. The smallest absolute Gasteiger partial charge is 0.244 e. The van der Waals surface area contributed by atoms with E-state index in [0.717, 1.165) is 17.7 Å². The highest BCUT2D eigenvalue weighted by atomic mass is 16.5. The van der Waals surface area contributed by atoms with Gasteiger partial charge in [-0.3, -0.25) is 4.79 Å². The third-order valence-electron chi connectivity index (χ3n) is 5.43. The minimum atomic E-state index is 0.0446. The number of hydrogen-bond acceptors (Lipinski definition) is 4. The van der Waals surface area contributed by atoms with E-state index in [1.165, 1.54) is 19.3 Å². The molecule has 2 aliphatic rings. The van der Waals surface area contributed by atoms with Crippen LogP contribution in [0.3, 0.4) is 0 Å². The van der Waals surface area contributed by atoms with E-state index in [1.54, 1.807) is 26.5 Å². The number of amides is 1. The van der Waals surface area contributed by atoms with Crippen molar-refractivity contribution in [3.63, 3.8) is 0 Å². The van der Waals surface area contributed by atoms with Crippen LogP contribution >= 0.6 is 0 Å². The van der Waals surface area contributed by atoms with Crippen LogP contribution in [-0.4, -0.2) is 26.3 Å². The van der Waals surface area contributed by atoms with Gasteiger partial charge in [-0.1, -0.05) is 19.8 Å². The van der Waals surface area contributed by atoms with Gasteiger partial charge in [0.05, 0.1) is 20.4 Å². The number of fused-ring (bicyclic) bond motifs is 1. The molecule has 0 aliphatic heterocycles. The molecule has 1 aromatic carbocycles. The average Bonchev–Trinajstić information content (AvgIpc) is 3.20. The number of hydrazone groups is 1. The Morgan fingerprint density at radius 3 is 2.83 bits per heavy atom. The molecule has 2 fully saturated rings. The summed E-state index contributed by atoms with van der Waals surface area (Å²) in [7, 11) is 3.21. The van der Waals surface area contributed by atoms with Gasteiger partial charge in [0.2, 0.25) is 5.91 Å².